The van der Waals surface area contributed by atoms with Crippen molar-refractivity contribution in [1.29, 1.82) is 0 Å². The van der Waals surface area contributed by atoms with E-state index in [0.717, 1.165) is 43.5 Å². The number of nitrogens with one attached hydrogen (secondary N) is 1. The van der Waals surface area contributed by atoms with Crippen LogP contribution in [0, 0.1) is 13.8 Å². The van der Waals surface area contributed by atoms with Gasteiger partial charge in [0.1, 0.15) is 5.76 Å². The van der Waals surface area contributed by atoms with E-state index in [-0.39, 0.29) is 0 Å². The van der Waals surface area contributed by atoms with E-state index in [1.165, 1.54) is 0 Å². The second-order valence-electron chi connectivity index (χ2n) is 5.28. The van der Waals surface area contributed by atoms with Crippen LogP contribution in [-0.2, 0) is 6.54 Å². The number of aromatic nitrogens is 1. The van der Waals surface area contributed by atoms with Crippen molar-refractivity contribution in [1.82, 2.24) is 20.1 Å². The van der Waals surface area contributed by atoms with E-state index in [0.29, 0.717) is 12.6 Å². The van der Waals surface area contributed by atoms with E-state index in [4.69, 9.17) is 4.42 Å². The summed E-state index contributed by atoms with van der Waals surface area (Å²) in [6.45, 7) is 9.03. The second kappa shape index (κ2) is 5.82. The van der Waals surface area contributed by atoms with Gasteiger partial charge >= 0.3 is 0 Å². The molecule has 1 aliphatic rings. The zero-order valence-corrected chi connectivity index (χ0v) is 11.9. The van der Waals surface area contributed by atoms with Crippen molar-refractivity contribution in [3.63, 3.8) is 0 Å². The summed E-state index contributed by atoms with van der Waals surface area (Å²) in [5.41, 5.74) is 0.987. The van der Waals surface area contributed by atoms with E-state index in [1.54, 1.807) is 0 Å². The van der Waals surface area contributed by atoms with Crippen LogP contribution in [-0.4, -0.2) is 61.1 Å². The molecule has 1 aliphatic heterocycles. The molecule has 0 spiro atoms. The molecule has 0 aromatic carbocycles. The summed E-state index contributed by atoms with van der Waals surface area (Å²) in [5.74, 6) is 1.71. The molecule has 2 heterocycles. The number of likely N-dealkylation sites (N-methyl/N-ethyl adjacent to an activating group) is 2. The zero-order valence-electron chi connectivity index (χ0n) is 11.9. The molecule has 5 nitrogen and oxygen atoms in total. The molecular weight excluding hydrogens is 228 g/mol. The molecule has 1 unspecified atom stereocenters. The summed E-state index contributed by atoms with van der Waals surface area (Å²) >= 11 is 0. The lowest BCUT2D eigenvalue weighted by Gasteiger charge is -2.37. The molecule has 102 valence electrons. The van der Waals surface area contributed by atoms with Crippen molar-refractivity contribution < 1.29 is 4.42 Å². The van der Waals surface area contributed by atoms with E-state index < -0.39 is 0 Å². The first-order chi connectivity index (χ1) is 8.56. The molecule has 2 rings (SSSR count). The van der Waals surface area contributed by atoms with Crippen LogP contribution in [0.1, 0.15) is 17.3 Å². The number of hydrogen-bond donors (Lipinski definition) is 1. The quantitative estimate of drug-likeness (QED) is 0.851. The fourth-order valence-corrected chi connectivity index (χ4v) is 2.28. The Morgan fingerprint density at radius 2 is 2.11 bits per heavy atom. The van der Waals surface area contributed by atoms with Gasteiger partial charge in [0, 0.05) is 32.2 Å². The lowest BCUT2D eigenvalue weighted by molar-refractivity contribution is 0.113. The third-order valence-electron chi connectivity index (χ3n) is 3.71. The van der Waals surface area contributed by atoms with Crippen molar-refractivity contribution in [3.8, 4) is 0 Å². The SMILES string of the molecule is Cc1nc(CNCC2CN(C)CCN2C)oc1C. The Hall–Kier alpha value is -0.910. The smallest absolute Gasteiger partial charge is 0.208 e. The normalized spacial score (nSPS) is 22.6. The molecule has 0 radical (unpaired) electrons. The maximum atomic E-state index is 5.55. The average Bonchev–Trinajstić information content (AvgIpc) is 2.63. The van der Waals surface area contributed by atoms with E-state index in [2.05, 4.69) is 34.2 Å². The first-order valence-electron chi connectivity index (χ1n) is 6.58. The Balaban J connectivity index is 1.77. The molecule has 1 atom stereocenters. The van der Waals surface area contributed by atoms with Crippen molar-refractivity contribution in [3.05, 3.63) is 17.3 Å². The highest BCUT2D eigenvalue weighted by atomic mass is 16.4. The lowest BCUT2D eigenvalue weighted by Crippen LogP contribution is -2.53. The largest absolute Gasteiger partial charge is 0.444 e. The maximum absolute atomic E-state index is 5.55. The van der Waals surface area contributed by atoms with Gasteiger partial charge in [0.2, 0.25) is 5.89 Å². The topological polar surface area (TPSA) is 44.5 Å². The van der Waals surface area contributed by atoms with Gasteiger partial charge in [0.05, 0.1) is 12.2 Å². The third-order valence-corrected chi connectivity index (χ3v) is 3.71. The fraction of sp³-hybridized carbons (Fsp3) is 0.769. The number of rotatable bonds is 4. The molecule has 1 fully saturated rings. The van der Waals surface area contributed by atoms with Crippen LogP contribution in [0.3, 0.4) is 0 Å². The number of aryl methyl sites for hydroxylation is 2. The molecule has 18 heavy (non-hydrogen) atoms. The van der Waals surface area contributed by atoms with Gasteiger partial charge in [-0.3, -0.25) is 4.90 Å². The predicted molar refractivity (Wildman–Crippen MR) is 71.6 cm³/mol. The summed E-state index contributed by atoms with van der Waals surface area (Å²) in [4.78, 5) is 9.17. The molecule has 0 saturated carbocycles. The van der Waals surface area contributed by atoms with Gasteiger partial charge in [-0.25, -0.2) is 4.98 Å². The average molecular weight is 252 g/mol. The number of nitrogens with zero attached hydrogens (tertiary/aromatic N) is 3. The summed E-state index contributed by atoms with van der Waals surface area (Å²) in [6.07, 6.45) is 0. The van der Waals surface area contributed by atoms with Gasteiger partial charge in [0.15, 0.2) is 0 Å². The minimum Gasteiger partial charge on any atom is -0.444 e. The molecular formula is C13H24N4O. The Labute approximate surface area is 109 Å². The lowest BCUT2D eigenvalue weighted by atomic mass is 10.2. The number of piperazine rings is 1. The highest BCUT2D eigenvalue weighted by molar-refractivity contribution is 5.05. The maximum Gasteiger partial charge on any atom is 0.208 e. The summed E-state index contributed by atoms with van der Waals surface area (Å²) < 4.78 is 5.55. The molecule has 1 aromatic rings. The van der Waals surface area contributed by atoms with Crippen molar-refractivity contribution in [2.24, 2.45) is 0 Å². The van der Waals surface area contributed by atoms with Crippen molar-refractivity contribution >= 4 is 0 Å². The molecule has 0 bridgehead atoms. The molecule has 0 amide bonds. The van der Waals surface area contributed by atoms with E-state index >= 15 is 0 Å². The van der Waals surface area contributed by atoms with Crippen molar-refractivity contribution in [2.45, 2.75) is 26.4 Å². The van der Waals surface area contributed by atoms with Crippen molar-refractivity contribution in [2.75, 3.05) is 40.3 Å². The Kier molecular flexibility index (Phi) is 4.37. The van der Waals surface area contributed by atoms with Crippen LogP contribution < -0.4 is 5.32 Å². The molecule has 0 aliphatic carbocycles. The summed E-state index contributed by atoms with van der Waals surface area (Å²) in [7, 11) is 4.37. The molecule has 5 heteroatoms. The Morgan fingerprint density at radius 1 is 1.33 bits per heavy atom. The summed E-state index contributed by atoms with van der Waals surface area (Å²) in [6, 6.07) is 0.570. The van der Waals surface area contributed by atoms with Crippen LogP contribution in [0.25, 0.3) is 0 Å². The van der Waals surface area contributed by atoms with Gasteiger partial charge < -0.3 is 14.6 Å². The van der Waals surface area contributed by atoms with Gasteiger partial charge in [-0.05, 0) is 27.9 Å². The van der Waals surface area contributed by atoms with Gasteiger partial charge in [-0.2, -0.15) is 0 Å². The van der Waals surface area contributed by atoms with Crippen LogP contribution in [0.4, 0.5) is 0 Å². The Bertz CT molecular complexity index is 371. The fourth-order valence-electron chi connectivity index (χ4n) is 2.28. The number of oxazole rings is 1. The summed E-state index contributed by atoms with van der Waals surface area (Å²) in [5, 5.41) is 3.44. The number of hydrogen-bond acceptors (Lipinski definition) is 5. The first kappa shape index (κ1) is 13.5. The van der Waals surface area contributed by atoms with E-state index in [9.17, 15) is 0 Å². The van der Waals surface area contributed by atoms with Gasteiger partial charge in [-0.15, -0.1) is 0 Å². The molecule has 1 saturated heterocycles. The molecule has 1 N–H and O–H groups in total. The minimum absolute atomic E-state index is 0.570. The minimum atomic E-state index is 0.570. The van der Waals surface area contributed by atoms with Crippen LogP contribution >= 0.6 is 0 Å². The van der Waals surface area contributed by atoms with Crippen LogP contribution in [0.2, 0.25) is 0 Å². The predicted octanol–water partition coefficient (Wildman–Crippen LogP) is 0.627. The van der Waals surface area contributed by atoms with Gasteiger partial charge in [-0.1, -0.05) is 0 Å². The molecule has 1 aromatic heterocycles. The zero-order chi connectivity index (χ0) is 13.1. The standard InChI is InChI=1S/C13H24N4O/c1-10-11(2)18-13(15-10)8-14-7-12-9-16(3)5-6-17(12)4/h12,14H,5-9H2,1-4H3. The monoisotopic (exact) mass is 252 g/mol. The highest BCUT2D eigenvalue weighted by Gasteiger charge is 2.21. The van der Waals surface area contributed by atoms with E-state index in [1.807, 2.05) is 13.8 Å². The third kappa shape index (κ3) is 3.31. The van der Waals surface area contributed by atoms with Gasteiger partial charge in [0.25, 0.3) is 0 Å². The van der Waals surface area contributed by atoms with Crippen LogP contribution in [0.15, 0.2) is 4.42 Å². The van der Waals surface area contributed by atoms with Crippen LogP contribution in [0.5, 0.6) is 0 Å². The highest BCUT2D eigenvalue weighted by Crippen LogP contribution is 2.08. The Morgan fingerprint density at radius 3 is 2.78 bits per heavy atom. The second-order valence-corrected chi connectivity index (χ2v) is 5.28. The first-order valence-corrected chi connectivity index (χ1v) is 6.58.